The van der Waals surface area contributed by atoms with Crippen molar-refractivity contribution in [3.63, 3.8) is 0 Å². The zero-order valence-electron chi connectivity index (χ0n) is 8.84. The molecular formula is C10H9BrF2INO2. The van der Waals surface area contributed by atoms with Crippen LogP contribution in [0.25, 0.3) is 0 Å². The largest absolute Gasteiger partial charge is 0.466 e. The van der Waals surface area contributed by atoms with E-state index >= 15 is 0 Å². The van der Waals surface area contributed by atoms with Crippen molar-refractivity contribution < 1.29 is 18.3 Å². The molecule has 0 saturated heterocycles. The molecule has 17 heavy (non-hydrogen) atoms. The summed E-state index contributed by atoms with van der Waals surface area (Å²) in [6.45, 7) is 1.94. The van der Waals surface area contributed by atoms with Gasteiger partial charge in [0.25, 0.3) is 6.43 Å². The highest BCUT2D eigenvalue weighted by molar-refractivity contribution is 14.1. The first-order valence-electron chi connectivity index (χ1n) is 4.74. The predicted molar refractivity (Wildman–Crippen MR) is 69.9 cm³/mol. The van der Waals surface area contributed by atoms with Crippen LogP contribution < -0.4 is 0 Å². The Morgan fingerprint density at radius 2 is 2.29 bits per heavy atom. The second kappa shape index (κ2) is 6.58. The summed E-state index contributed by atoms with van der Waals surface area (Å²) in [5.74, 6) is -0.474. The molecule has 0 fully saturated rings. The zero-order valence-corrected chi connectivity index (χ0v) is 12.6. The Morgan fingerprint density at radius 1 is 1.65 bits per heavy atom. The number of pyridine rings is 1. The van der Waals surface area contributed by atoms with Crippen molar-refractivity contribution in [2.24, 2.45) is 0 Å². The van der Waals surface area contributed by atoms with Gasteiger partial charge in [-0.25, -0.2) is 13.8 Å². The van der Waals surface area contributed by atoms with E-state index in [1.54, 1.807) is 6.92 Å². The molecule has 0 aliphatic carbocycles. The van der Waals surface area contributed by atoms with Crippen molar-refractivity contribution in [2.45, 2.75) is 19.8 Å². The average molecular weight is 420 g/mol. The summed E-state index contributed by atoms with van der Waals surface area (Å²) in [5, 5.41) is 0. The van der Waals surface area contributed by atoms with Crippen LogP contribution in [0, 0.1) is 3.70 Å². The summed E-state index contributed by atoms with van der Waals surface area (Å²) in [4.78, 5) is 15.3. The molecule has 1 rings (SSSR count). The molecule has 0 atom stereocenters. The predicted octanol–water partition coefficient (Wildman–Crippen LogP) is 3.49. The van der Waals surface area contributed by atoms with Crippen molar-refractivity contribution in [2.75, 3.05) is 6.61 Å². The molecule has 3 nitrogen and oxygen atoms in total. The fourth-order valence-corrected chi connectivity index (χ4v) is 2.18. The number of alkyl halides is 2. The van der Waals surface area contributed by atoms with E-state index in [0.29, 0.717) is 3.70 Å². The van der Waals surface area contributed by atoms with Gasteiger partial charge in [-0.3, -0.25) is 4.79 Å². The first-order valence-corrected chi connectivity index (χ1v) is 6.61. The molecule has 0 unspecified atom stereocenters. The Kier molecular flexibility index (Phi) is 5.71. The molecule has 0 bridgehead atoms. The SMILES string of the molecule is CCOC(=O)Cc1cc(C(F)F)c(Br)c(I)n1. The number of hydrogen-bond donors (Lipinski definition) is 0. The van der Waals surface area contributed by atoms with Gasteiger partial charge in [-0.1, -0.05) is 0 Å². The second-order valence-electron chi connectivity index (χ2n) is 3.09. The van der Waals surface area contributed by atoms with Crippen molar-refractivity contribution in [3.8, 4) is 0 Å². The number of ether oxygens (including phenoxy) is 1. The highest BCUT2D eigenvalue weighted by Crippen LogP contribution is 2.30. The summed E-state index contributed by atoms with van der Waals surface area (Å²) in [6.07, 6.45) is -2.71. The number of hydrogen-bond acceptors (Lipinski definition) is 3. The Labute approximate surface area is 119 Å². The molecular weight excluding hydrogens is 411 g/mol. The number of halogens is 4. The highest BCUT2D eigenvalue weighted by Gasteiger charge is 2.17. The lowest BCUT2D eigenvalue weighted by Gasteiger charge is -2.08. The summed E-state index contributed by atoms with van der Waals surface area (Å²) >= 11 is 4.88. The van der Waals surface area contributed by atoms with E-state index in [9.17, 15) is 13.6 Å². The summed E-state index contributed by atoms with van der Waals surface area (Å²) in [6, 6.07) is 1.22. The standard InChI is InChI=1S/C10H9BrF2INO2/c1-2-17-7(16)4-5-3-6(9(12)13)8(11)10(14)15-5/h3,9H,2,4H2,1H3. The first-order chi connectivity index (χ1) is 7.95. The molecule has 0 aromatic carbocycles. The summed E-state index contributed by atoms with van der Waals surface area (Å²) in [7, 11) is 0. The molecule has 1 heterocycles. The Bertz CT molecular complexity index is 429. The number of aromatic nitrogens is 1. The van der Waals surface area contributed by atoms with E-state index in [2.05, 4.69) is 20.9 Å². The van der Waals surface area contributed by atoms with Crippen LogP contribution in [0.3, 0.4) is 0 Å². The van der Waals surface area contributed by atoms with Crippen LogP contribution in [0.1, 0.15) is 24.6 Å². The average Bonchev–Trinajstić information content (AvgIpc) is 2.23. The van der Waals surface area contributed by atoms with Gasteiger partial charge in [0.2, 0.25) is 0 Å². The van der Waals surface area contributed by atoms with E-state index in [1.165, 1.54) is 6.07 Å². The van der Waals surface area contributed by atoms with Crippen molar-refractivity contribution in [3.05, 3.63) is 25.5 Å². The molecule has 0 aliphatic heterocycles. The van der Waals surface area contributed by atoms with E-state index in [0.717, 1.165) is 0 Å². The smallest absolute Gasteiger partial charge is 0.311 e. The van der Waals surface area contributed by atoms with Crippen LogP contribution >= 0.6 is 38.5 Å². The fraction of sp³-hybridized carbons (Fsp3) is 0.400. The van der Waals surface area contributed by atoms with E-state index in [4.69, 9.17) is 4.74 Å². The van der Waals surface area contributed by atoms with Crippen LogP contribution in [-0.2, 0) is 16.0 Å². The molecule has 0 amide bonds. The van der Waals surface area contributed by atoms with Crippen LogP contribution in [0.2, 0.25) is 0 Å². The number of nitrogens with zero attached hydrogens (tertiary/aromatic N) is 1. The maximum atomic E-state index is 12.7. The number of esters is 1. The molecule has 94 valence electrons. The maximum absolute atomic E-state index is 12.7. The van der Waals surface area contributed by atoms with Crippen LogP contribution in [0.5, 0.6) is 0 Å². The first kappa shape index (κ1) is 14.7. The van der Waals surface area contributed by atoms with Gasteiger partial charge in [-0.2, -0.15) is 0 Å². The molecule has 1 aromatic rings. The molecule has 0 spiro atoms. The number of carbonyl (C=O) groups excluding carboxylic acids is 1. The minimum atomic E-state index is -2.61. The lowest BCUT2D eigenvalue weighted by Crippen LogP contribution is -2.10. The Morgan fingerprint density at radius 3 is 2.82 bits per heavy atom. The topological polar surface area (TPSA) is 39.2 Å². The number of rotatable bonds is 4. The molecule has 0 N–H and O–H groups in total. The Balaban J connectivity index is 2.98. The van der Waals surface area contributed by atoms with Gasteiger partial charge in [0.15, 0.2) is 0 Å². The minimum absolute atomic E-state index is 0.100. The fourth-order valence-electron chi connectivity index (χ4n) is 1.18. The van der Waals surface area contributed by atoms with Crippen LogP contribution in [0.15, 0.2) is 10.5 Å². The third-order valence-electron chi connectivity index (χ3n) is 1.86. The van der Waals surface area contributed by atoms with Crippen LogP contribution in [-0.4, -0.2) is 17.6 Å². The van der Waals surface area contributed by atoms with Gasteiger partial charge < -0.3 is 4.74 Å². The monoisotopic (exact) mass is 419 g/mol. The molecule has 7 heteroatoms. The van der Waals surface area contributed by atoms with Crippen molar-refractivity contribution in [1.29, 1.82) is 0 Å². The van der Waals surface area contributed by atoms with E-state index in [-0.39, 0.29) is 28.8 Å². The van der Waals surface area contributed by atoms with Crippen molar-refractivity contribution in [1.82, 2.24) is 4.98 Å². The minimum Gasteiger partial charge on any atom is -0.466 e. The van der Waals surface area contributed by atoms with Gasteiger partial charge in [0, 0.05) is 5.56 Å². The zero-order chi connectivity index (χ0) is 13.0. The van der Waals surface area contributed by atoms with Crippen molar-refractivity contribution >= 4 is 44.5 Å². The molecule has 0 radical (unpaired) electrons. The second-order valence-corrected chi connectivity index (χ2v) is 4.90. The van der Waals surface area contributed by atoms with Gasteiger partial charge in [0.1, 0.15) is 3.70 Å². The third-order valence-corrected chi connectivity index (χ3v) is 4.22. The van der Waals surface area contributed by atoms with E-state index < -0.39 is 12.4 Å². The van der Waals surface area contributed by atoms with Gasteiger partial charge >= 0.3 is 5.97 Å². The molecule has 0 aliphatic rings. The lowest BCUT2D eigenvalue weighted by atomic mass is 10.2. The molecule has 0 saturated carbocycles. The quantitative estimate of drug-likeness (QED) is 0.426. The number of carbonyl (C=O) groups is 1. The van der Waals surface area contributed by atoms with Gasteiger partial charge in [-0.15, -0.1) is 0 Å². The van der Waals surface area contributed by atoms with E-state index in [1.807, 2.05) is 22.6 Å². The third kappa shape index (κ3) is 4.13. The van der Waals surface area contributed by atoms with Gasteiger partial charge in [-0.05, 0) is 51.5 Å². The summed E-state index contributed by atoms with van der Waals surface area (Å²) in [5.41, 5.74) is 0.120. The molecule has 1 aromatic heterocycles. The maximum Gasteiger partial charge on any atom is 0.311 e. The Hall–Kier alpha value is -0.310. The highest BCUT2D eigenvalue weighted by atomic mass is 127. The summed E-state index contributed by atoms with van der Waals surface area (Å²) < 4.78 is 30.8. The van der Waals surface area contributed by atoms with Gasteiger partial charge in [0.05, 0.1) is 23.2 Å². The van der Waals surface area contributed by atoms with Crippen LogP contribution in [0.4, 0.5) is 8.78 Å². The normalized spacial score (nSPS) is 10.7. The lowest BCUT2D eigenvalue weighted by molar-refractivity contribution is -0.142.